The molecule has 0 amide bonds. The second-order valence-corrected chi connectivity index (χ2v) is 6.11. The van der Waals surface area contributed by atoms with Crippen molar-refractivity contribution < 1.29 is 5.11 Å². The Labute approximate surface area is 88.2 Å². The zero-order chi connectivity index (χ0) is 9.84. The van der Waals surface area contributed by atoms with Crippen LogP contribution in [0.3, 0.4) is 0 Å². The van der Waals surface area contributed by atoms with Gasteiger partial charge in [0.05, 0.1) is 6.10 Å². The smallest absolute Gasteiger partial charge is 0.0888 e. The van der Waals surface area contributed by atoms with Crippen molar-refractivity contribution in [1.29, 1.82) is 0 Å². The monoisotopic (exact) mass is 216 g/mol. The van der Waals surface area contributed by atoms with E-state index in [4.69, 9.17) is 0 Å². The second kappa shape index (κ2) is 5.03. The molecule has 3 heteroatoms. The molecule has 0 saturated heterocycles. The van der Waals surface area contributed by atoms with E-state index in [1.165, 1.54) is 4.88 Å². The first-order valence-electron chi connectivity index (χ1n) is 4.44. The predicted molar refractivity (Wildman–Crippen MR) is 61.6 cm³/mol. The number of thioether (sulfide) groups is 1. The Morgan fingerprint density at radius 1 is 1.54 bits per heavy atom. The molecule has 0 radical (unpaired) electrons. The molecule has 1 heterocycles. The summed E-state index contributed by atoms with van der Waals surface area (Å²) >= 11 is 3.50. The lowest BCUT2D eigenvalue weighted by Gasteiger charge is -2.10. The van der Waals surface area contributed by atoms with Crippen LogP contribution >= 0.6 is 23.1 Å². The van der Waals surface area contributed by atoms with Crippen LogP contribution < -0.4 is 0 Å². The van der Waals surface area contributed by atoms with E-state index in [0.29, 0.717) is 5.25 Å². The molecule has 13 heavy (non-hydrogen) atoms. The summed E-state index contributed by atoms with van der Waals surface area (Å²) in [6.45, 7) is 6.36. The summed E-state index contributed by atoms with van der Waals surface area (Å²) in [5.41, 5.74) is 1.07. The fraction of sp³-hybridized carbons (Fsp3) is 0.600. The van der Waals surface area contributed by atoms with Crippen LogP contribution in [0.25, 0.3) is 0 Å². The minimum absolute atomic E-state index is 0.294. The van der Waals surface area contributed by atoms with Gasteiger partial charge in [-0.25, -0.2) is 0 Å². The summed E-state index contributed by atoms with van der Waals surface area (Å²) in [6, 6.07) is 2.07. The Hall–Kier alpha value is 0.01000. The first-order valence-corrected chi connectivity index (χ1v) is 6.37. The standard InChI is InChI=1S/C10H16OS2/c1-7(2)12-6-10(11)9-4-8(3)13-5-9/h4-5,7,10-11H,6H2,1-3H3. The summed E-state index contributed by atoms with van der Waals surface area (Å²) in [4.78, 5) is 1.27. The first-order chi connectivity index (χ1) is 6.09. The number of thiophene rings is 1. The molecule has 74 valence electrons. The van der Waals surface area contributed by atoms with Crippen molar-refractivity contribution in [3.05, 3.63) is 21.9 Å². The van der Waals surface area contributed by atoms with Gasteiger partial charge in [0.15, 0.2) is 0 Å². The van der Waals surface area contributed by atoms with Crippen molar-refractivity contribution in [1.82, 2.24) is 0 Å². The maximum atomic E-state index is 9.77. The van der Waals surface area contributed by atoms with Crippen molar-refractivity contribution in [3.63, 3.8) is 0 Å². The van der Waals surface area contributed by atoms with Crippen LogP contribution in [-0.4, -0.2) is 16.1 Å². The molecule has 0 aliphatic carbocycles. The van der Waals surface area contributed by atoms with E-state index in [9.17, 15) is 5.11 Å². The molecule has 0 aliphatic rings. The average Bonchev–Trinajstić information content (AvgIpc) is 2.47. The summed E-state index contributed by atoms with van der Waals surface area (Å²) in [5.74, 6) is 0.799. The molecule has 1 aromatic rings. The van der Waals surface area contributed by atoms with Gasteiger partial charge in [-0.05, 0) is 29.2 Å². The topological polar surface area (TPSA) is 20.2 Å². The van der Waals surface area contributed by atoms with Crippen LogP contribution in [0.2, 0.25) is 0 Å². The molecule has 1 unspecified atom stereocenters. The van der Waals surface area contributed by atoms with Crippen molar-refractivity contribution in [2.24, 2.45) is 0 Å². The van der Waals surface area contributed by atoms with Gasteiger partial charge >= 0.3 is 0 Å². The first kappa shape index (κ1) is 11.1. The van der Waals surface area contributed by atoms with Crippen LogP contribution in [0.1, 0.15) is 30.4 Å². The number of aliphatic hydroxyl groups excluding tert-OH is 1. The molecular formula is C10H16OS2. The highest BCUT2D eigenvalue weighted by Gasteiger charge is 2.09. The number of aliphatic hydroxyl groups is 1. The van der Waals surface area contributed by atoms with E-state index in [2.05, 4.69) is 26.8 Å². The molecule has 0 fully saturated rings. The van der Waals surface area contributed by atoms with Crippen molar-refractivity contribution >= 4 is 23.1 Å². The van der Waals surface area contributed by atoms with Crippen LogP contribution in [0, 0.1) is 6.92 Å². The highest BCUT2D eigenvalue weighted by molar-refractivity contribution is 7.99. The van der Waals surface area contributed by atoms with E-state index in [-0.39, 0.29) is 6.10 Å². The van der Waals surface area contributed by atoms with Gasteiger partial charge in [0.25, 0.3) is 0 Å². The minimum atomic E-state index is -0.294. The van der Waals surface area contributed by atoms with E-state index in [1.54, 1.807) is 23.1 Å². The molecule has 0 saturated carbocycles. The SMILES string of the molecule is Cc1cc(C(O)CSC(C)C)cs1. The second-order valence-electron chi connectivity index (χ2n) is 3.39. The van der Waals surface area contributed by atoms with E-state index in [0.717, 1.165) is 11.3 Å². The number of hydrogen-bond acceptors (Lipinski definition) is 3. The molecule has 1 rings (SSSR count). The maximum Gasteiger partial charge on any atom is 0.0888 e. The third-order valence-electron chi connectivity index (χ3n) is 1.72. The Bertz CT molecular complexity index is 255. The van der Waals surface area contributed by atoms with Crippen molar-refractivity contribution in [2.45, 2.75) is 32.1 Å². The number of hydrogen-bond donors (Lipinski definition) is 1. The molecule has 1 nitrogen and oxygen atoms in total. The maximum absolute atomic E-state index is 9.77. The van der Waals surface area contributed by atoms with Crippen molar-refractivity contribution in [2.75, 3.05) is 5.75 Å². The van der Waals surface area contributed by atoms with Gasteiger partial charge in [-0.15, -0.1) is 11.3 Å². The highest BCUT2D eigenvalue weighted by Crippen LogP contribution is 2.24. The summed E-state index contributed by atoms with van der Waals surface area (Å²) in [7, 11) is 0. The van der Waals surface area contributed by atoms with Gasteiger partial charge in [-0.2, -0.15) is 11.8 Å². The largest absolute Gasteiger partial charge is 0.388 e. The van der Waals surface area contributed by atoms with Gasteiger partial charge in [0.1, 0.15) is 0 Å². The molecule has 0 aliphatic heterocycles. The van der Waals surface area contributed by atoms with Gasteiger partial charge in [0.2, 0.25) is 0 Å². The lowest BCUT2D eigenvalue weighted by molar-refractivity contribution is 0.204. The van der Waals surface area contributed by atoms with Crippen molar-refractivity contribution in [3.8, 4) is 0 Å². The normalized spacial score (nSPS) is 13.6. The average molecular weight is 216 g/mol. The molecule has 0 spiro atoms. The Morgan fingerprint density at radius 3 is 2.69 bits per heavy atom. The van der Waals surface area contributed by atoms with E-state index in [1.807, 2.05) is 5.38 Å². The number of aryl methyl sites for hydroxylation is 1. The van der Waals surface area contributed by atoms with Crippen LogP contribution in [0.15, 0.2) is 11.4 Å². The summed E-state index contributed by atoms with van der Waals surface area (Å²) in [6.07, 6.45) is -0.294. The third kappa shape index (κ3) is 3.71. The van der Waals surface area contributed by atoms with Crippen LogP contribution in [0.5, 0.6) is 0 Å². The zero-order valence-electron chi connectivity index (χ0n) is 8.28. The summed E-state index contributed by atoms with van der Waals surface area (Å²) in [5, 5.41) is 12.4. The molecule has 1 aromatic heterocycles. The number of rotatable bonds is 4. The fourth-order valence-electron chi connectivity index (χ4n) is 1.02. The fourth-order valence-corrected chi connectivity index (χ4v) is 2.53. The summed E-state index contributed by atoms with van der Waals surface area (Å²) < 4.78 is 0. The minimum Gasteiger partial charge on any atom is -0.388 e. The van der Waals surface area contributed by atoms with E-state index < -0.39 is 0 Å². The van der Waals surface area contributed by atoms with Gasteiger partial charge in [-0.3, -0.25) is 0 Å². The quantitative estimate of drug-likeness (QED) is 0.834. The molecule has 0 aromatic carbocycles. The Kier molecular flexibility index (Phi) is 4.29. The van der Waals surface area contributed by atoms with E-state index >= 15 is 0 Å². The van der Waals surface area contributed by atoms with Crippen LogP contribution in [0.4, 0.5) is 0 Å². The lowest BCUT2D eigenvalue weighted by atomic mass is 10.2. The zero-order valence-corrected chi connectivity index (χ0v) is 9.91. The van der Waals surface area contributed by atoms with Crippen LogP contribution in [-0.2, 0) is 0 Å². The molecule has 0 bridgehead atoms. The third-order valence-corrected chi connectivity index (χ3v) is 3.78. The van der Waals surface area contributed by atoms with Gasteiger partial charge < -0.3 is 5.11 Å². The highest BCUT2D eigenvalue weighted by atomic mass is 32.2. The van der Waals surface area contributed by atoms with Gasteiger partial charge in [0, 0.05) is 10.6 Å². The molecule has 1 atom stereocenters. The predicted octanol–water partition coefficient (Wildman–Crippen LogP) is 3.23. The molecule has 1 N–H and O–H groups in total. The Balaban J connectivity index is 2.44. The Morgan fingerprint density at radius 2 is 2.23 bits per heavy atom. The van der Waals surface area contributed by atoms with Gasteiger partial charge in [-0.1, -0.05) is 13.8 Å². The lowest BCUT2D eigenvalue weighted by Crippen LogP contribution is -2.01. The molecular weight excluding hydrogens is 200 g/mol.